The Morgan fingerprint density at radius 3 is 2.76 bits per heavy atom. The average Bonchev–Trinajstić information content (AvgIpc) is 2.90. The zero-order valence-electron chi connectivity index (χ0n) is 10.1. The van der Waals surface area contributed by atoms with Crippen molar-refractivity contribution in [3.8, 4) is 0 Å². The molecule has 0 bridgehead atoms. The maximum absolute atomic E-state index is 12.3. The van der Waals surface area contributed by atoms with E-state index in [9.17, 15) is 4.79 Å². The van der Waals surface area contributed by atoms with Gasteiger partial charge < -0.3 is 15.0 Å². The maximum atomic E-state index is 12.3. The first kappa shape index (κ1) is 12.2. The third-order valence-electron chi connectivity index (χ3n) is 3.45. The van der Waals surface area contributed by atoms with E-state index in [1.165, 1.54) is 19.3 Å². The summed E-state index contributed by atoms with van der Waals surface area (Å²) in [5.41, 5.74) is 0.615. The summed E-state index contributed by atoms with van der Waals surface area (Å²) >= 11 is 0. The summed E-state index contributed by atoms with van der Waals surface area (Å²) in [6.45, 7) is 0.464. The minimum Gasteiger partial charge on any atom is -0.395 e. The number of aromatic nitrogens is 1. The molecule has 0 spiro atoms. The Morgan fingerprint density at radius 1 is 1.41 bits per heavy atom. The van der Waals surface area contributed by atoms with Gasteiger partial charge in [0, 0.05) is 18.8 Å². The molecule has 0 saturated heterocycles. The number of aliphatic hydroxyl groups excluding tert-OH is 1. The first-order valence-electron chi connectivity index (χ1n) is 6.38. The molecule has 4 heteroatoms. The molecule has 1 aliphatic rings. The van der Waals surface area contributed by atoms with E-state index < -0.39 is 0 Å². The molecule has 0 aromatic carbocycles. The topological polar surface area (TPSA) is 56.3 Å². The van der Waals surface area contributed by atoms with Gasteiger partial charge in [0.25, 0.3) is 5.91 Å². The number of aromatic amines is 1. The normalized spacial score (nSPS) is 17.0. The van der Waals surface area contributed by atoms with Gasteiger partial charge >= 0.3 is 0 Å². The summed E-state index contributed by atoms with van der Waals surface area (Å²) < 4.78 is 0. The molecule has 17 heavy (non-hydrogen) atoms. The average molecular weight is 236 g/mol. The van der Waals surface area contributed by atoms with Gasteiger partial charge in [0.05, 0.1) is 6.61 Å². The molecule has 0 atom stereocenters. The molecule has 4 nitrogen and oxygen atoms in total. The number of carbonyl (C=O) groups excluding carboxylic acids is 1. The second-order valence-electron chi connectivity index (χ2n) is 4.60. The van der Waals surface area contributed by atoms with Crippen molar-refractivity contribution in [3.63, 3.8) is 0 Å². The van der Waals surface area contributed by atoms with E-state index in [1.807, 2.05) is 11.0 Å². The summed E-state index contributed by atoms with van der Waals surface area (Å²) in [5, 5.41) is 9.11. The smallest absolute Gasteiger partial charge is 0.270 e. The Labute approximate surface area is 102 Å². The highest BCUT2D eigenvalue weighted by Gasteiger charge is 2.26. The van der Waals surface area contributed by atoms with Crippen molar-refractivity contribution < 1.29 is 9.90 Å². The zero-order valence-corrected chi connectivity index (χ0v) is 10.1. The van der Waals surface area contributed by atoms with Crippen LogP contribution < -0.4 is 0 Å². The number of hydrogen-bond acceptors (Lipinski definition) is 2. The Bertz CT molecular complexity index is 342. The Balaban J connectivity index is 2.07. The van der Waals surface area contributed by atoms with Gasteiger partial charge in [-0.25, -0.2) is 0 Å². The summed E-state index contributed by atoms with van der Waals surface area (Å²) in [6, 6.07) is 3.91. The van der Waals surface area contributed by atoms with Crippen molar-refractivity contribution in [2.45, 2.75) is 38.1 Å². The van der Waals surface area contributed by atoms with Crippen LogP contribution >= 0.6 is 0 Å². The molecule has 1 saturated carbocycles. The van der Waals surface area contributed by atoms with E-state index in [2.05, 4.69) is 4.98 Å². The standard InChI is InChI=1S/C13H20N2O2/c16-10-9-15(11-5-2-1-3-6-11)13(17)12-7-4-8-14-12/h4,7-8,11,14,16H,1-3,5-6,9-10H2. The summed E-state index contributed by atoms with van der Waals surface area (Å²) in [4.78, 5) is 17.0. The summed E-state index contributed by atoms with van der Waals surface area (Å²) in [6.07, 6.45) is 7.51. The Morgan fingerprint density at radius 2 is 2.18 bits per heavy atom. The van der Waals surface area contributed by atoms with Crippen LogP contribution in [-0.2, 0) is 0 Å². The fraction of sp³-hybridized carbons (Fsp3) is 0.615. The molecule has 1 aliphatic carbocycles. The molecule has 1 amide bonds. The van der Waals surface area contributed by atoms with E-state index >= 15 is 0 Å². The fourth-order valence-corrected chi connectivity index (χ4v) is 2.57. The minimum atomic E-state index is 0.0101. The largest absolute Gasteiger partial charge is 0.395 e. The molecule has 1 aromatic heterocycles. The van der Waals surface area contributed by atoms with Gasteiger partial charge in [0.1, 0.15) is 5.69 Å². The van der Waals surface area contributed by atoms with Crippen molar-refractivity contribution in [3.05, 3.63) is 24.0 Å². The van der Waals surface area contributed by atoms with Crippen LogP contribution in [0.3, 0.4) is 0 Å². The van der Waals surface area contributed by atoms with E-state index in [1.54, 1.807) is 12.3 Å². The highest BCUT2D eigenvalue weighted by Crippen LogP contribution is 2.23. The monoisotopic (exact) mass is 236 g/mol. The molecular weight excluding hydrogens is 216 g/mol. The van der Waals surface area contributed by atoms with E-state index in [0.29, 0.717) is 18.3 Å². The lowest BCUT2D eigenvalue weighted by Crippen LogP contribution is -2.43. The van der Waals surface area contributed by atoms with Crippen LogP contribution in [-0.4, -0.2) is 40.1 Å². The lowest BCUT2D eigenvalue weighted by Gasteiger charge is -2.33. The van der Waals surface area contributed by atoms with Crippen LogP contribution in [0.2, 0.25) is 0 Å². The molecule has 0 aliphatic heterocycles. The summed E-state index contributed by atoms with van der Waals surface area (Å²) in [7, 11) is 0. The number of hydrogen-bond donors (Lipinski definition) is 2. The SMILES string of the molecule is O=C(c1ccc[nH]1)N(CCO)C1CCCCC1. The van der Waals surface area contributed by atoms with Crippen LogP contribution in [0.25, 0.3) is 0 Å². The van der Waals surface area contributed by atoms with Crippen molar-refractivity contribution >= 4 is 5.91 Å². The zero-order chi connectivity index (χ0) is 12.1. The molecule has 0 radical (unpaired) electrons. The molecule has 1 heterocycles. The van der Waals surface area contributed by atoms with E-state index in [-0.39, 0.29) is 12.5 Å². The summed E-state index contributed by atoms with van der Waals surface area (Å²) in [5.74, 6) is 0.0101. The quantitative estimate of drug-likeness (QED) is 0.837. The van der Waals surface area contributed by atoms with Gasteiger partial charge in [-0.15, -0.1) is 0 Å². The third kappa shape index (κ3) is 2.88. The van der Waals surface area contributed by atoms with Crippen LogP contribution in [0, 0.1) is 0 Å². The van der Waals surface area contributed by atoms with Crippen molar-refractivity contribution in [2.24, 2.45) is 0 Å². The van der Waals surface area contributed by atoms with Crippen molar-refractivity contribution in [1.29, 1.82) is 0 Å². The molecule has 2 rings (SSSR count). The number of H-pyrrole nitrogens is 1. The molecular formula is C13H20N2O2. The van der Waals surface area contributed by atoms with Gasteiger partial charge in [0.2, 0.25) is 0 Å². The Hall–Kier alpha value is -1.29. The van der Waals surface area contributed by atoms with Gasteiger partial charge in [-0.3, -0.25) is 4.79 Å². The van der Waals surface area contributed by atoms with Crippen LogP contribution in [0.5, 0.6) is 0 Å². The predicted octanol–water partition coefficient (Wildman–Crippen LogP) is 1.78. The number of rotatable bonds is 4. The van der Waals surface area contributed by atoms with Crippen molar-refractivity contribution in [2.75, 3.05) is 13.2 Å². The molecule has 0 unspecified atom stereocenters. The second-order valence-corrected chi connectivity index (χ2v) is 4.60. The number of nitrogens with zero attached hydrogens (tertiary/aromatic N) is 1. The maximum Gasteiger partial charge on any atom is 0.270 e. The van der Waals surface area contributed by atoms with Gasteiger partial charge in [-0.2, -0.15) is 0 Å². The van der Waals surface area contributed by atoms with Crippen LogP contribution in [0.15, 0.2) is 18.3 Å². The molecule has 94 valence electrons. The number of nitrogens with one attached hydrogen (secondary N) is 1. The van der Waals surface area contributed by atoms with Crippen LogP contribution in [0.1, 0.15) is 42.6 Å². The van der Waals surface area contributed by atoms with Gasteiger partial charge in [-0.1, -0.05) is 19.3 Å². The Kier molecular flexibility index (Phi) is 4.20. The first-order chi connectivity index (χ1) is 8.33. The van der Waals surface area contributed by atoms with E-state index in [4.69, 9.17) is 5.11 Å². The number of aliphatic hydroxyl groups is 1. The highest BCUT2D eigenvalue weighted by molar-refractivity contribution is 5.92. The van der Waals surface area contributed by atoms with Gasteiger partial charge in [-0.05, 0) is 25.0 Å². The van der Waals surface area contributed by atoms with E-state index in [0.717, 1.165) is 12.8 Å². The molecule has 1 aromatic rings. The number of carbonyl (C=O) groups is 1. The lowest BCUT2D eigenvalue weighted by molar-refractivity contribution is 0.0580. The fourth-order valence-electron chi connectivity index (χ4n) is 2.57. The second kappa shape index (κ2) is 5.87. The van der Waals surface area contributed by atoms with Crippen molar-refractivity contribution in [1.82, 2.24) is 9.88 Å². The minimum absolute atomic E-state index is 0.0101. The third-order valence-corrected chi connectivity index (χ3v) is 3.45. The number of amides is 1. The highest BCUT2D eigenvalue weighted by atomic mass is 16.3. The van der Waals surface area contributed by atoms with Crippen LogP contribution in [0.4, 0.5) is 0 Å². The molecule has 1 fully saturated rings. The van der Waals surface area contributed by atoms with Gasteiger partial charge in [0.15, 0.2) is 0 Å². The predicted molar refractivity (Wildman–Crippen MR) is 65.8 cm³/mol. The molecule has 2 N–H and O–H groups in total. The lowest BCUT2D eigenvalue weighted by atomic mass is 9.94. The first-order valence-corrected chi connectivity index (χ1v) is 6.38.